The van der Waals surface area contributed by atoms with Crippen molar-refractivity contribution in [2.24, 2.45) is 5.73 Å². The van der Waals surface area contributed by atoms with Crippen LogP contribution in [0.3, 0.4) is 0 Å². The molecule has 4 N–H and O–H groups in total. The fourth-order valence-electron chi connectivity index (χ4n) is 1.16. The number of phenols is 1. The lowest BCUT2D eigenvalue weighted by atomic mass is 10.0. The Labute approximate surface area is 122 Å². The summed E-state index contributed by atoms with van der Waals surface area (Å²) < 4.78 is 1.83. The maximum Gasteiger partial charge on any atom is 0.133 e. The van der Waals surface area contributed by atoms with Gasteiger partial charge in [0.05, 0.1) is 3.57 Å². The van der Waals surface area contributed by atoms with E-state index in [4.69, 9.17) is 10.8 Å². The van der Waals surface area contributed by atoms with E-state index in [-0.39, 0.29) is 30.8 Å². The van der Waals surface area contributed by atoms with Crippen LogP contribution in [-0.2, 0) is 0 Å². The van der Waals surface area contributed by atoms with Crippen LogP contribution < -0.4 is 5.73 Å². The van der Waals surface area contributed by atoms with Crippen molar-refractivity contribution in [2.75, 3.05) is 6.61 Å². The highest BCUT2D eigenvalue weighted by Crippen LogP contribution is 2.31. The number of aromatic hydroxyl groups is 1. The number of halogens is 3. The zero-order valence-corrected chi connectivity index (χ0v) is 12.9. The fraction of sp³-hybridized carbons (Fsp3) is 0.333. The van der Waals surface area contributed by atoms with Crippen molar-refractivity contribution in [1.29, 1.82) is 0 Å². The summed E-state index contributed by atoms with van der Waals surface area (Å²) in [4.78, 5) is 0. The molecule has 6 heteroatoms. The highest BCUT2D eigenvalue weighted by molar-refractivity contribution is 14.1. The van der Waals surface area contributed by atoms with Crippen LogP contribution in [-0.4, -0.2) is 16.8 Å². The van der Waals surface area contributed by atoms with E-state index in [2.05, 4.69) is 45.2 Å². The molecular weight excluding hydrogens is 443 g/mol. The summed E-state index contributed by atoms with van der Waals surface area (Å²) in [6.07, 6.45) is 0.462. The van der Waals surface area contributed by atoms with Gasteiger partial charge in [-0.15, -0.1) is 12.4 Å². The van der Waals surface area contributed by atoms with Crippen molar-refractivity contribution in [3.63, 3.8) is 0 Å². The lowest BCUT2D eigenvalue weighted by Crippen LogP contribution is -2.12. The number of benzene rings is 1. The molecule has 1 rings (SSSR count). The molecule has 0 unspecified atom stereocenters. The van der Waals surface area contributed by atoms with Crippen molar-refractivity contribution < 1.29 is 10.2 Å². The smallest absolute Gasteiger partial charge is 0.133 e. The molecule has 3 nitrogen and oxygen atoms in total. The van der Waals surface area contributed by atoms with E-state index in [0.717, 1.165) is 7.14 Å². The first kappa shape index (κ1) is 15.7. The van der Waals surface area contributed by atoms with Gasteiger partial charge in [-0.25, -0.2) is 0 Å². The molecular formula is C9H12ClI2NO2. The molecule has 1 aromatic rings. The van der Waals surface area contributed by atoms with E-state index in [1.165, 1.54) is 0 Å². The summed E-state index contributed by atoms with van der Waals surface area (Å²) in [6, 6.07) is 3.42. The van der Waals surface area contributed by atoms with Crippen molar-refractivity contribution in [2.45, 2.75) is 12.5 Å². The molecule has 0 aliphatic carbocycles. The number of nitrogens with two attached hydrogens (primary N) is 1. The Balaban J connectivity index is 0.00000196. The third kappa shape index (κ3) is 4.22. The van der Waals surface area contributed by atoms with Crippen molar-refractivity contribution in [3.05, 3.63) is 24.8 Å². The predicted molar refractivity (Wildman–Crippen MR) is 79.4 cm³/mol. The standard InChI is InChI=1S/C9H11I2NO2.ClH/c10-5-3-6(8(12)1-2-13)9(14)7(11)4-5;/h3-4,8,13-14H,1-2,12H2;1H/t8-;/m0./s1. The number of hydrogen-bond donors (Lipinski definition) is 3. The predicted octanol–water partition coefficient (Wildman–Crippen LogP) is 2.41. The minimum atomic E-state index is -0.303. The molecule has 0 saturated heterocycles. The molecule has 1 aromatic carbocycles. The van der Waals surface area contributed by atoms with E-state index in [1.54, 1.807) is 0 Å². The van der Waals surface area contributed by atoms with E-state index >= 15 is 0 Å². The summed E-state index contributed by atoms with van der Waals surface area (Å²) in [5.41, 5.74) is 6.52. The largest absolute Gasteiger partial charge is 0.506 e. The second kappa shape index (κ2) is 7.10. The molecule has 0 aliphatic rings. The Kier molecular flexibility index (Phi) is 7.43. The minimum absolute atomic E-state index is 0. The zero-order chi connectivity index (χ0) is 10.7. The van der Waals surface area contributed by atoms with Crippen LogP contribution in [0, 0.1) is 7.14 Å². The topological polar surface area (TPSA) is 66.5 Å². The average molecular weight is 455 g/mol. The van der Waals surface area contributed by atoms with Gasteiger partial charge in [-0.1, -0.05) is 0 Å². The highest BCUT2D eigenvalue weighted by Gasteiger charge is 2.13. The first-order valence-electron chi connectivity index (χ1n) is 4.10. The molecule has 0 radical (unpaired) electrons. The van der Waals surface area contributed by atoms with Gasteiger partial charge in [0.15, 0.2) is 0 Å². The Morgan fingerprint density at radius 1 is 1.33 bits per heavy atom. The van der Waals surface area contributed by atoms with Crippen molar-refractivity contribution in [1.82, 2.24) is 0 Å². The van der Waals surface area contributed by atoms with Gasteiger partial charge in [0.25, 0.3) is 0 Å². The molecule has 0 aromatic heterocycles. The summed E-state index contributed by atoms with van der Waals surface area (Å²) in [7, 11) is 0. The number of rotatable bonds is 3. The number of hydrogen-bond acceptors (Lipinski definition) is 3. The first-order valence-corrected chi connectivity index (χ1v) is 6.26. The first-order chi connectivity index (χ1) is 6.56. The fourth-order valence-corrected chi connectivity index (χ4v) is 3.05. The van der Waals surface area contributed by atoms with Crippen molar-refractivity contribution >= 4 is 57.6 Å². The van der Waals surface area contributed by atoms with Crippen LogP contribution in [0.25, 0.3) is 0 Å². The van der Waals surface area contributed by atoms with Crippen LogP contribution >= 0.6 is 57.6 Å². The van der Waals surface area contributed by atoms with Gasteiger partial charge >= 0.3 is 0 Å². The molecule has 86 valence electrons. The van der Waals surface area contributed by atoms with Crippen LogP contribution in [0.5, 0.6) is 5.75 Å². The van der Waals surface area contributed by atoms with E-state index < -0.39 is 0 Å². The Morgan fingerprint density at radius 2 is 1.93 bits per heavy atom. The molecule has 0 aliphatic heterocycles. The monoisotopic (exact) mass is 455 g/mol. The lowest BCUT2D eigenvalue weighted by molar-refractivity contribution is 0.275. The van der Waals surface area contributed by atoms with E-state index in [0.29, 0.717) is 12.0 Å². The second-order valence-corrected chi connectivity index (χ2v) is 5.35. The normalized spacial score (nSPS) is 12.0. The molecule has 1 atom stereocenters. The van der Waals surface area contributed by atoms with Gasteiger partial charge in [0.1, 0.15) is 5.75 Å². The highest BCUT2D eigenvalue weighted by atomic mass is 127. The summed E-state index contributed by atoms with van der Waals surface area (Å²) in [5, 5.41) is 18.5. The minimum Gasteiger partial charge on any atom is -0.506 e. The summed E-state index contributed by atoms with van der Waals surface area (Å²) in [6.45, 7) is 0.0304. The Bertz CT molecular complexity index is 336. The van der Waals surface area contributed by atoms with Crippen LogP contribution in [0.2, 0.25) is 0 Å². The van der Waals surface area contributed by atoms with Crippen molar-refractivity contribution in [3.8, 4) is 5.75 Å². The second-order valence-electron chi connectivity index (χ2n) is 2.94. The Hall–Kier alpha value is 0.690. The third-order valence-corrected chi connectivity index (χ3v) is 3.34. The summed E-state index contributed by atoms with van der Waals surface area (Å²) in [5.74, 6) is 0.229. The summed E-state index contributed by atoms with van der Waals surface area (Å²) >= 11 is 4.24. The van der Waals surface area contributed by atoms with Crippen LogP contribution in [0.4, 0.5) is 0 Å². The maximum atomic E-state index is 9.75. The van der Waals surface area contributed by atoms with Crippen LogP contribution in [0.1, 0.15) is 18.0 Å². The van der Waals surface area contributed by atoms with Gasteiger partial charge < -0.3 is 15.9 Å². The van der Waals surface area contributed by atoms with Gasteiger partial charge in [-0.3, -0.25) is 0 Å². The van der Waals surface area contributed by atoms with Gasteiger partial charge in [0.2, 0.25) is 0 Å². The molecule has 0 spiro atoms. The molecule has 0 fully saturated rings. The molecule has 0 heterocycles. The van der Waals surface area contributed by atoms with Crippen LogP contribution in [0.15, 0.2) is 12.1 Å². The molecule has 0 bridgehead atoms. The maximum absolute atomic E-state index is 9.75. The number of phenolic OH excluding ortho intramolecular Hbond substituents is 1. The number of aliphatic hydroxyl groups is 1. The number of aliphatic hydroxyl groups excluding tert-OH is 1. The average Bonchev–Trinajstić information content (AvgIpc) is 2.11. The molecule has 0 amide bonds. The quantitative estimate of drug-likeness (QED) is 0.614. The Morgan fingerprint density at radius 3 is 2.47 bits per heavy atom. The lowest BCUT2D eigenvalue weighted by Gasteiger charge is -2.13. The van der Waals surface area contributed by atoms with E-state index in [9.17, 15) is 5.11 Å². The van der Waals surface area contributed by atoms with Gasteiger partial charge in [0, 0.05) is 21.8 Å². The van der Waals surface area contributed by atoms with Gasteiger partial charge in [-0.2, -0.15) is 0 Å². The zero-order valence-electron chi connectivity index (χ0n) is 7.78. The molecule has 0 saturated carbocycles. The third-order valence-electron chi connectivity index (χ3n) is 1.90. The van der Waals surface area contributed by atoms with Gasteiger partial charge in [-0.05, 0) is 63.7 Å². The van der Waals surface area contributed by atoms with E-state index in [1.807, 2.05) is 12.1 Å². The SMILES string of the molecule is Cl.N[C@@H](CCO)c1cc(I)cc(I)c1O. The molecule has 15 heavy (non-hydrogen) atoms.